The summed E-state index contributed by atoms with van der Waals surface area (Å²) < 4.78 is 0. The lowest BCUT2D eigenvalue weighted by atomic mass is 9.85. The number of halogens is 1. The van der Waals surface area contributed by atoms with Gasteiger partial charge in [-0.15, -0.1) is 12.4 Å². The molecule has 1 N–H and O–H groups in total. The first-order valence-corrected chi connectivity index (χ1v) is 4.70. The van der Waals surface area contributed by atoms with Crippen molar-refractivity contribution in [2.24, 2.45) is 0 Å². The summed E-state index contributed by atoms with van der Waals surface area (Å²) in [5.41, 5.74) is -0.119. The Kier molecular flexibility index (Phi) is 3.33. The predicted octanol–water partition coefficient (Wildman–Crippen LogP) is 0.435. The smallest absolute Gasteiger partial charge is 0.154 e. The lowest BCUT2D eigenvalue weighted by Crippen LogP contribution is -2.53. The van der Waals surface area contributed by atoms with Crippen molar-refractivity contribution in [3.63, 3.8) is 0 Å². The first-order chi connectivity index (χ1) is 5.73. The van der Waals surface area contributed by atoms with Gasteiger partial charge in [0, 0.05) is 26.1 Å². The molecule has 2 rings (SSSR count). The second-order valence-electron chi connectivity index (χ2n) is 3.99. The maximum Gasteiger partial charge on any atom is 0.154 e. The van der Waals surface area contributed by atoms with Gasteiger partial charge >= 0.3 is 0 Å². The van der Waals surface area contributed by atoms with E-state index in [1.54, 1.807) is 0 Å². The number of nitrogens with one attached hydrogen (secondary N) is 1. The number of carbonyl (C=O) groups excluding carboxylic acids is 1. The average molecular weight is 205 g/mol. The van der Waals surface area contributed by atoms with Gasteiger partial charge in [-0.2, -0.15) is 0 Å². The van der Waals surface area contributed by atoms with E-state index in [1.165, 1.54) is 0 Å². The SMILES string of the molecule is CN1CCC2(CC1)NCCC2=O.Cl. The number of carbonyl (C=O) groups is 1. The summed E-state index contributed by atoms with van der Waals surface area (Å²) in [6.07, 6.45) is 2.74. The normalized spacial score (nSPS) is 27.6. The molecule has 0 radical (unpaired) electrons. The molecule has 0 atom stereocenters. The zero-order valence-electron chi connectivity index (χ0n) is 8.01. The number of ketones is 1. The third kappa shape index (κ3) is 1.87. The number of nitrogens with zero attached hydrogens (tertiary/aromatic N) is 1. The highest BCUT2D eigenvalue weighted by Gasteiger charge is 2.42. The summed E-state index contributed by atoms with van der Waals surface area (Å²) in [4.78, 5) is 13.9. The zero-order valence-corrected chi connectivity index (χ0v) is 8.82. The van der Waals surface area contributed by atoms with E-state index in [0.29, 0.717) is 5.78 Å². The highest BCUT2D eigenvalue weighted by atomic mass is 35.5. The standard InChI is InChI=1S/C9H16N2O.ClH/c1-11-6-3-9(4-7-11)8(12)2-5-10-9;/h10H,2-7H2,1H3;1H. The molecule has 0 amide bonds. The fourth-order valence-corrected chi connectivity index (χ4v) is 2.21. The number of Topliss-reactive ketones (excluding diaryl/α,β-unsaturated/α-hetero) is 1. The summed E-state index contributed by atoms with van der Waals surface area (Å²) in [5.74, 6) is 0.440. The van der Waals surface area contributed by atoms with Gasteiger partial charge < -0.3 is 10.2 Å². The van der Waals surface area contributed by atoms with Crippen molar-refractivity contribution in [2.45, 2.75) is 24.8 Å². The molecular weight excluding hydrogens is 188 g/mol. The maximum absolute atomic E-state index is 11.6. The molecule has 0 unspecified atom stereocenters. The Balaban J connectivity index is 0.000000845. The van der Waals surface area contributed by atoms with Crippen molar-refractivity contribution in [1.29, 1.82) is 0 Å². The minimum absolute atomic E-state index is 0. The summed E-state index contributed by atoms with van der Waals surface area (Å²) >= 11 is 0. The molecule has 0 aromatic rings. The molecule has 0 aromatic heterocycles. The fraction of sp³-hybridized carbons (Fsp3) is 0.889. The fourth-order valence-electron chi connectivity index (χ4n) is 2.21. The van der Waals surface area contributed by atoms with Crippen LogP contribution in [0.25, 0.3) is 0 Å². The van der Waals surface area contributed by atoms with E-state index in [4.69, 9.17) is 0 Å². The topological polar surface area (TPSA) is 32.3 Å². The molecular formula is C9H17ClN2O. The van der Waals surface area contributed by atoms with Gasteiger partial charge in [-0.05, 0) is 19.9 Å². The molecule has 1 spiro atoms. The number of hydrogen-bond donors (Lipinski definition) is 1. The maximum atomic E-state index is 11.6. The van der Waals surface area contributed by atoms with Crippen LogP contribution in [-0.2, 0) is 4.79 Å². The predicted molar refractivity (Wildman–Crippen MR) is 54.3 cm³/mol. The summed E-state index contributed by atoms with van der Waals surface area (Å²) in [7, 11) is 2.12. The quantitative estimate of drug-likeness (QED) is 0.622. The first kappa shape index (κ1) is 11.0. The van der Waals surface area contributed by atoms with Crippen LogP contribution in [-0.4, -0.2) is 42.9 Å². The molecule has 0 aliphatic carbocycles. The molecule has 2 aliphatic rings. The van der Waals surface area contributed by atoms with Gasteiger partial charge in [0.05, 0.1) is 5.54 Å². The molecule has 2 fully saturated rings. The van der Waals surface area contributed by atoms with E-state index in [0.717, 1.165) is 38.9 Å². The molecule has 2 heterocycles. The van der Waals surface area contributed by atoms with E-state index in [2.05, 4.69) is 17.3 Å². The molecule has 2 aliphatic heterocycles. The zero-order chi connectivity index (χ0) is 8.60. The molecule has 0 aromatic carbocycles. The monoisotopic (exact) mass is 204 g/mol. The molecule has 13 heavy (non-hydrogen) atoms. The molecule has 2 saturated heterocycles. The third-order valence-corrected chi connectivity index (χ3v) is 3.19. The van der Waals surface area contributed by atoms with Gasteiger partial charge in [0.15, 0.2) is 5.78 Å². The van der Waals surface area contributed by atoms with Crippen LogP contribution >= 0.6 is 12.4 Å². The summed E-state index contributed by atoms with van der Waals surface area (Å²) in [6, 6.07) is 0. The molecule has 76 valence electrons. The molecule has 4 heteroatoms. The van der Waals surface area contributed by atoms with Crippen molar-refractivity contribution in [1.82, 2.24) is 10.2 Å². The van der Waals surface area contributed by atoms with E-state index >= 15 is 0 Å². The number of piperidine rings is 1. The minimum Gasteiger partial charge on any atom is -0.306 e. The number of rotatable bonds is 0. The first-order valence-electron chi connectivity index (χ1n) is 4.70. The number of likely N-dealkylation sites (tertiary alicyclic amines) is 1. The highest BCUT2D eigenvalue weighted by molar-refractivity contribution is 5.90. The Morgan fingerprint density at radius 2 is 2.00 bits per heavy atom. The average Bonchev–Trinajstić information content (AvgIpc) is 2.41. The Labute approximate surface area is 85.3 Å². The van der Waals surface area contributed by atoms with Crippen LogP contribution in [0.1, 0.15) is 19.3 Å². The summed E-state index contributed by atoms with van der Waals surface area (Å²) in [6.45, 7) is 3.00. The third-order valence-electron chi connectivity index (χ3n) is 3.19. The Bertz CT molecular complexity index is 200. The lowest BCUT2D eigenvalue weighted by molar-refractivity contribution is -0.123. The van der Waals surface area contributed by atoms with Crippen molar-refractivity contribution >= 4 is 18.2 Å². The molecule has 3 nitrogen and oxygen atoms in total. The van der Waals surface area contributed by atoms with Crippen LogP contribution in [0.3, 0.4) is 0 Å². The number of hydrogen-bond acceptors (Lipinski definition) is 3. The van der Waals surface area contributed by atoms with Gasteiger partial charge in [-0.1, -0.05) is 0 Å². The minimum atomic E-state index is -0.119. The van der Waals surface area contributed by atoms with Crippen LogP contribution in [0.15, 0.2) is 0 Å². The summed E-state index contributed by atoms with van der Waals surface area (Å²) in [5, 5.41) is 3.37. The van der Waals surface area contributed by atoms with E-state index in [-0.39, 0.29) is 17.9 Å². The van der Waals surface area contributed by atoms with Gasteiger partial charge in [-0.3, -0.25) is 4.79 Å². The van der Waals surface area contributed by atoms with E-state index in [9.17, 15) is 4.79 Å². The van der Waals surface area contributed by atoms with E-state index < -0.39 is 0 Å². The van der Waals surface area contributed by atoms with Crippen LogP contribution < -0.4 is 5.32 Å². The second-order valence-corrected chi connectivity index (χ2v) is 3.99. The van der Waals surface area contributed by atoms with E-state index in [1.807, 2.05) is 0 Å². The van der Waals surface area contributed by atoms with Crippen molar-refractivity contribution in [3.05, 3.63) is 0 Å². The van der Waals surface area contributed by atoms with Gasteiger partial charge in [0.1, 0.15) is 0 Å². The van der Waals surface area contributed by atoms with Crippen LogP contribution in [0.5, 0.6) is 0 Å². The van der Waals surface area contributed by atoms with Crippen LogP contribution in [0, 0.1) is 0 Å². The van der Waals surface area contributed by atoms with Gasteiger partial charge in [0.25, 0.3) is 0 Å². The van der Waals surface area contributed by atoms with Gasteiger partial charge in [0.2, 0.25) is 0 Å². The Morgan fingerprint density at radius 1 is 1.38 bits per heavy atom. The lowest BCUT2D eigenvalue weighted by Gasteiger charge is -2.36. The van der Waals surface area contributed by atoms with Crippen molar-refractivity contribution < 1.29 is 4.79 Å². The van der Waals surface area contributed by atoms with Crippen molar-refractivity contribution in [3.8, 4) is 0 Å². The second kappa shape index (κ2) is 3.95. The van der Waals surface area contributed by atoms with Gasteiger partial charge in [-0.25, -0.2) is 0 Å². The molecule has 0 bridgehead atoms. The largest absolute Gasteiger partial charge is 0.306 e. The molecule has 0 saturated carbocycles. The Hall–Kier alpha value is -0.120. The van der Waals surface area contributed by atoms with Crippen LogP contribution in [0.2, 0.25) is 0 Å². The van der Waals surface area contributed by atoms with Crippen molar-refractivity contribution in [2.75, 3.05) is 26.7 Å². The highest BCUT2D eigenvalue weighted by Crippen LogP contribution is 2.27. The van der Waals surface area contributed by atoms with Crippen LogP contribution in [0.4, 0.5) is 0 Å². The Morgan fingerprint density at radius 3 is 2.46 bits per heavy atom.